The molecule has 0 heterocycles. The quantitative estimate of drug-likeness (QED) is 0.513. The van der Waals surface area contributed by atoms with Crippen LogP contribution in [0.5, 0.6) is 0 Å². The number of carboxylic acid groups (broad SMARTS) is 1. The zero-order valence-corrected chi connectivity index (χ0v) is 19.5. The number of hydrogen-bond donors (Lipinski definition) is 3. The summed E-state index contributed by atoms with van der Waals surface area (Å²) in [7, 11) is 0. The number of alkyl carbamates (subject to hydrolysis) is 1. The van der Waals surface area contributed by atoms with E-state index in [0.29, 0.717) is 19.4 Å². The Kier molecular flexibility index (Phi) is 7.50. The van der Waals surface area contributed by atoms with Crippen LogP contribution in [0.15, 0.2) is 48.5 Å². The van der Waals surface area contributed by atoms with Gasteiger partial charge in [-0.3, -0.25) is 9.59 Å². The molecule has 0 radical (unpaired) electrons. The number of ether oxygens (including phenoxy) is 1. The van der Waals surface area contributed by atoms with Crippen LogP contribution in [0.25, 0.3) is 11.1 Å². The minimum atomic E-state index is -0.780. The van der Waals surface area contributed by atoms with E-state index in [-0.39, 0.29) is 42.7 Å². The van der Waals surface area contributed by atoms with Gasteiger partial charge in [-0.05, 0) is 54.4 Å². The number of amides is 2. The first kappa shape index (κ1) is 23.8. The molecule has 2 aromatic rings. The van der Waals surface area contributed by atoms with Gasteiger partial charge in [-0.1, -0.05) is 55.0 Å². The van der Waals surface area contributed by atoms with E-state index in [9.17, 15) is 19.5 Å². The molecular formula is C27H32N2O5. The van der Waals surface area contributed by atoms with E-state index in [1.807, 2.05) is 31.2 Å². The van der Waals surface area contributed by atoms with Gasteiger partial charge in [0.25, 0.3) is 0 Å². The molecule has 1 unspecified atom stereocenters. The first-order chi connectivity index (χ1) is 16.4. The van der Waals surface area contributed by atoms with Gasteiger partial charge in [-0.2, -0.15) is 0 Å². The van der Waals surface area contributed by atoms with Crippen molar-refractivity contribution in [2.45, 2.75) is 51.0 Å². The second-order valence-electron chi connectivity index (χ2n) is 9.35. The summed E-state index contributed by atoms with van der Waals surface area (Å²) in [5, 5.41) is 14.9. The molecule has 7 heteroatoms. The highest BCUT2D eigenvalue weighted by atomic mass is 16.5. The molecule has 0 aliphatic heterocycles. The highest BCUT2D eigenvalue weighted by Gasteiger charge is 2.33. The second-order valence-corrected chi connectivity index (χ2v) is 9.35. The minimum absolute atomic E-state index is 0.00201. The van der Waals surface area contributed by atoms with Crippen LogP contribution in [-0.2, 0) is 14.3 Å². The van der Waals surface area contributed by atoms with Crippen molar-refractivity contribution in [2.75, 3.05) is 13.2 Å². The molecule has 0 saturated heterocycles. The molecule has 1 saturated carbocycles. The molecule has 3 N–H and O–H groups in total. The highest BCUT2D eigenvalue weighted by molar-refractivity contribution is 5.79. The van der Waals surface area contributed by atoms with Gasteiger partial charge in [0.1, 0.15) is 6.61 Å². The molecule has 2 amide bonds. The number of hydrogen-bond acceptors (Lipinski definition) is 4. The van der Waals surface area contributed by atoms with E-state index in [4.69, 9.17) is 4.74 Å². The molecule has 7 nitrogen and oxygen atoms in total. The molecule has 2 aliphatic rings. The first-order valence-electron chi connectivity index (χ1n) is 12.0. The predicted molar refractivity (Wildman–Crippen MR) is 128 cm³/mol. The number of rotatable bonds is 9. The Bertz CT molecular complexity index is 1010. The zero-order chi connectivity index (χ0) is 24.1. The van der Waals surface area contributed by atoms with Crippen molar-refractivity contribution in [1.82, 2.24) is 10.6 Å². The maximum Gasteiger partial charge on any atom is 0.407 e. The molecule has 34 heavy (non-hydrogen) atoms. The molecule has 180 valence electrons. The van der Waals surface area contributed by atoms with E-state index in [2.05, 4.69) is 34.9 Å². The molecule has 2 aliphatic carbocycles. The van der Waals surface area contributed by atoms with Crippen molar-refractivity contribution in [3.8, 4) is 11.1 Å². The van der Waals surface area contributed by atoms with Crippen molar-refractivity contribution < 1.29 is 24.2 Å². The van der Waals surface area contributed by atoms with Crippen molar-refractivity contribution in [1.29, 1.82) is 0 Å². The normalized spacial score (nSPS) is 19.7. The number of aliphatic carboxylic acids is 1. The highest BCUT2D eigenvalue weighted by Crippen LogP contribution is 2.44. The monoisotopic (exact) mass is 464 g/mol. The topological polar surface area (TPSA) is 105 Å². The molecule has 0 bridgehead atoms. The summed E-state index contributed by atoms with van der Waals surface area (Å²) in [6, 6.07) is 16.1. The van der Waals surface area contributed by atoms with E-state index in [1.165, 1.54) is 11.1 Å². The van der Waals surface area contributed by atoms with Gasteiger partial charge in [-0.25, -0.2) is 4.79 Å². The summed E-state index contributed by atoms with van der Waals surface area (Å²) in [4.78, 5) is 35.9. The SMILES string of the molecule is CC(CCC(=O)NC[C@@H]1CCC[C@@H]1C(=O)O)NC(=O)OCC1c2ccccc2-c2ccccc21. The molecule has 3 atom stereocenters. The van der Waals surface area contributed by atoms with Gasteiger partial charge in [0.2, 0.25) is 5.91 Å². The third kappa shape index (κ3) is 5.41. The Labute approximate surface area is 199 Å². The molecule has 4 rings (SSSR count). The molecular weight excluding hydrogens is 432 g/mol. The molecule has 2 aromatic carbocycles. The average molecular weight is 465 g/mol. The standard InChI is InChI=1S/C27H32N2O5/c1-17(13-14-25(30)28-15-18-7-6-12-19(18)26(31)32)29-27(33)34-16-24-22-10-4-2-8-20(22)21-9-3-5-11-23(21)24/h2-5,8-11,17-19,24H,6-7,12-16H2,1H3,(H,28,30)(H,29,33)(H,31,32)/t17?,18-,19-/m0/s1. The lowest BCUT2D eigenvalue weighted by molar-refractivity contribution is -0.143. The lowest BCUT2D eigenvalue weighted by Crippen LogP contribution is -2.36. The largest absolute Gasteiger partial charge is 0.481 e. The number of carboxylic acids is 1. The number of fused-ring (bicyclic) bond motifs is 3. The van der Waals surface area contributed by atoms with Gasteiger partial charge in [0.05, 0.1) is 5.92 Å². The van der Waals surface area contributed by atoms with Crippen LogP contribution in [-0.4, -0.2) is 42.3 Å². The minimum Gasteiger partial charge on any atom is -0.481 e. The van der Waals surface area contributed by atoms with E-state index < -0.39 is 12.1 Å². The maximum absolute atomic E-state index is 12.4. The van der Waals surface area contributed by atoms with E-state index in [0.717, 1.165) is 24.0 Å². The van der Waals surface area contributed by atoms with Crippen molar-refractivity contribution in [2.24, 2.45) is 11.8 Å². The fraction of sp³-hybridized carbons (Fsp3) is 0.444. The van der Waals surface area contributed by atoms with Crippen LogP contribution in [0.2, 0.25) is 0 Å². The molecule has 0 spiro atoms. The van der Waals surface area contributed by atoms with Crippen LogP contribution in [0, 0.1) is 11.8 Å². The average Bonchev–Trinajstić information content (AvgIpc) is 3.43. The number of benzene rings is 2. The Morgan fingerprint density at radius 3 is 2.32 bits per heavy atom. The van der Waals surface area contributed by atoms with Crippen molar-refractivity contribution in [3.63, 3.8) is 0 Å². The fourth-order valence-electron chi connectivity index (χ4n) is 5.20. The number of carbonyl (C=O) groups excluding carboxylic acids is 2. The molecule has 1 fully saturated rings. The van der Waals surface area contributed by atoms with Crippen LogP contribution >= 0.6 is 0 Å². The van der Waals surface area contributed by atoms with Crippen LogP contribution in [0.4, 0.5) is 4.79 Å². The lowest BCUT2D eigenvalue weighted by Gasteiger charge is -2.18. The van der Waals surface area contributed by atoms with Gasteiger partial charge in [0, 0.05) is 24.9 Å². The van der Waals surface area contributed by atoms with Crippen molar-refractivity contribution in [3.05, 3.63) is 59.7 Å². The maximum atomic E-state index is 12.4. The second kappa shape index (κ2) is 10.7. The smallest absolute Gasteiger partial charge is 0.407 e. The summed E-state index contributed by atoms with van der Waals surface area (Å²) in [5.41, 5.74) is 4.68. The summed E-state index contributed by atoms with van der Waals surface area (Å²) in [6.45, 7) is 2.48. The van der Waals surface area contributed by atoms with Gasteiger partial charge in [0.15, 0.2) is 0 Å². The lowest BCUT2D eigenvalue weighted by atomic mass is 9.96. The van der Waals surface area contributed by atoms with Crippen LogP contribution < -0.4 is 10.6 Å². The number of carbonyl (C=O) groups is 3. The Morgan fingerprint density at radius 2 is 1.68 bits per heavy atom. The first-order valence-corrected chi connectivity index (χ1v) is 12.0. The van der Waals surface area contributed by atoms with Gasteiger partial charge >= 0.3 is 12.1 Å². The van der Waals surface area contributed by atoms with E-state index in [1.54, 1.807) is 0 Å². The summed E-state index contributed by atoms with van der Waals surface area (Å²) in [6.07, 6.45) is 2.63. The van der Waals surface area contributed by atoms with Crippen LogP contribution in [0.1, 0.15) is 56.1 Å². The summed E-state index contributed by atoms with van der Waals surface area (Å²) >= 11 is 0. The van der Waals surface area contributed by atoms with Crippen molar-refractivity contribution >= 4 is 18.0 Å². The summed E-state index contributed by atoms with van der Waals surface area (Å²) < 4.78 is 5.56. The summed E-state index contributed by atoms with van der Waals surface area (Å²) in [5.74, 6) is -1.27. The van der Waals surface area contributed by atoms with Crippen LogP contribution in [0.3, 0.4) is 0 Å². The van der Waals surface area contributed by atoms with Gasteiger partial charge in [-0.15, -0.1) is 0 Å². The Hall–Kier alpha value is -3.35. The van der Waals surface area contributed by atoms with Gasteiger partial charge < -0.3 is 20.5 Å². The number of nitrogens with one attached hydrogen (secondary N) is 2. The Morgan fingerprint density at radius 1 is 1.03 bits per heavy atom. The zero-order valence-electron chi connectivity index (χ0n) is 19.5. The third-order valence-corrected chi connectivity index (χ3v) is 7.05. The van der Waals surface area contributed by atoms with E-state index >= 15 is 0 Å². The molecule has 0 aromatic heterocycles. The third-order valence-electron chi connectivity index (χ3n) is 7.05. The predicted octanol–water partition coefficient (Wildman–Crippen LogP) is 4.31. The Balaban J connectivity index is 1.20. The fourth-order valence-corrected chi connectivity index (χ4v) is 5.20.